The van der Waals surface area contributed by atoms with Gasteiger partial charge in [0.15, 0.2) is 4.77 Å². The van der Waals surface area contributed by atoms with Crippen LogP contribution in [0.25, 0.3) is 6.08 Å². The fourth-order valence-corrected chi connectivity index (χ4v) is 2.95. The molecule has 0 spiro atoms. The first-order chi connectivity index (χ1) is 11.4. The van der Waals surface area contributed by atoms with Gasteiger partial charge in [0.2, 0.25) is 5.88 Å². The summed E-state index contributed by atoms with van der Waals surface area (Å²) >= 11 is 5.08. The molecule has 1 aromatic heterocycles. The van der Waals surface area contributed by atoms with Crippen LogP contribution in [-0.2, 0) is 6.54 Å². The average Bonchev–Trinajstić information content (AvgIpc) is 2.56. The number of nitrogens with one attached hydrogen (secondary N) is 1. The Hall–Kier alpha value is -2.40. The number of aromatic nitrogens is 2. The van der Waals surface area contributed by atoms with Crippen molar-refractivity contribution in [3.8, 4) is 5.88 Å². The topological polar surface area (TPSA) is 58.0 Å². The Balaban J connectivity index is 2.33. The molecule has 0 bridgehead atoms. The number of nitrogens with zero attached hydrogens (tertiary/aromatic N) is 1. The molecule has 1 unspecified atom stereocenters. The normalized spacial score (nSPS) is 12.8. The van der Waals surface area contributed by atoms with E-state index in [0.717, 1.165) is 12.0 Å². The number of hydrogen-bond acceptors (Lipinski definition) is 3. The first kappa shape index (κ1) is 17.9. The molecule has 0 amide bonds. The summed E-state index contributed by atoms with van der Waals surface area (Å²) in [6.45, 7) is 8.07. The van der Waals surface area contributed by atoms with Gasteiger partial charge in [-0.15, -0.1) is 6.58 Å². The van der Waals surface area contributed by atoms with Crippen molar-refractivity contribution in [2.24, 2.45) is 0 Å². The van der Waals surface area contributed by atoms with Gasteiger partial charge in [-0.3, -0.25) is 14.3 Å². The summed E-state index contributed by atoms with van der Waals surface area (Å²) in [5.41, 5.74) is 2.09. The van der Waals surface area contributed by atoms with Crippen molar-refractivity contribution in [2.45, 2.75) is 32.7 Å². The number of hydrogen-bond donors (Lipinski definition) is 2. The SMILES string of the molecule is C=CCn1c(O)c(C=C(C)CC(C)c2ccccc2)c(=O)[nH]c1=S. The lowest BCUT2D eigenvalue weighted by atomic mass is 9.93. The lowest BCUT2D eigenvalue weighted by molar-refractivity contribution is 0.412. The Morgan fingerprint density at radius 3 is 2.71 bits per heavy atom. The molecule has 126 valence electrons. The van der Waals surface area contributed by atoms with Gasteiger partial charge in [0.25, 0.3) is 5.56 Å². The van der Waals surface area contributed by atoms with Gasteiger partial charge < -0.3 is 5.11 Å². The van der Waals surface area contributed by atoms with Crippen LogP contribution in [0.4, 0.5) is 0 Å². The van der Waals surface area contributed by atoms with Gasteiger partial charge in [-0.2, -0.15) is 0 Å². The second kappa shape index (κ2) is 7.93. The molecule has 1 atom stereocenters. The summed E-state index contributed by atoms with van der Waals surface area (Å²) in [7, 11) is 0. The van der Waals surface area contributed by atoms with E-state index >= 15 is 0 Å². The van der Waals surface area contributed by atoms with Crippen molar-refractivity contribution in [2.75, 3.05) is 0 Å². The molecule has 5 heteroatoms. The van der Waals surface area contributed by atoms with Gasteiger partial charge in [0.05, 0.1) is 5.56 Å². The van der Waals surface area contributed by atoms with Crippen LogP contribution in [0.2, 0.25) is 0 Å². The fourth-order valence-electron chi connectivity index (χ4n) is 2.69. The van der Waals surface area contributed by atoms with Gasteiger partial charge in [-0.25, -0.2) is 0 Å². The molecule has 4 nitrogen and oxygen atoms in total. The summed E-state index contributed by atoms with van der Waals surface area (Å²) in [5.74, 6) is 0.192. The minimum Gasteiger partial charge on any atom is -0.494 e. The molecular formula is C19H22N2O2S. The summed E-state index contributed by atoms with van der Waals surface area (Å²) in [6.07, 6.45) is 4.13. The standard InChI is InChI=1S/C19H22N2O2S/c1-4-10-21-18(23)16(17(22)20-19(21)24)12-13(2)11-14(3)15-8-6-5-7-9-15/h4-9,12,14,23H,1,10-11H2,2-3H3,(H,20,22,24). The van der Waals surface area contributed by atoms with E-state index in [1.54, 1.807) is 12.2 Å². The second-order valence-corrected chi connectivity index (χ2v) is 6.29. The van der Waals surface area contributed by atoms with Crippen LogP contribution in [0.1, 0.15) is 37.3 Å². The molecule has 2 aromatic rings. The average molecular weight is 342 g/mol. The molecule has 0 saturated carbocycles. The maximum Gasteiger partial charge on any atom is 0.262 e. The molecule has 2 rings (SSSR count). The number of aromatic amines is 1. The summed E-state index contributed by atoms with van der Waals surface area (Å²) in [5, 5.41) is 10.4. The van der Waals surface area contributed by atoms with Crippen molar-refractivity contribution >= 4 is 18.3 Å². The van der Waals surface area contributed by atoms with Crippen molar-refractivity contribution < 1.29 is 5.11 Å². The van der Waals surface area contributed by atoms with Gasteiger partial charge >= 0.3 is 0 Å². The van der Waals surface area contributed by atoms with Crippen LogP contribution in [0, 0.1) is 4.77 Å². The van der Waals surface area contributed by atoms with Crippen molar-refractivity contribution in [3.05, 3.63) is 74.8 Å². The predicted molar refractivity (Wildman–Crippen MR) is 101 cm³/mol. The van der Waals surface area contributed by atoms with E-state index in [1.165, 1.54) is 10.1 Å². The maximum atomic E-state index is 12.1. The molecule has 24 heavy (non-hydrogen) atoms. The first-order valence-corrected chi connectivity index (χ1v) is 8.24. The molecule has 0 radical (unpaired) electrons. The Kier molecular flexibility index (Phi) is 5.93. The number of rotatable bonds is 6. The fraction of sp³-hybridized carbons (Fsp3) is 0.263. The first-order valence-electron chi connectivity index (χ1n) is 7.83. The predicted octanol–water partition coefficient (Wildman–Crippen LogP) is 4.39. The van der Waals surface area contributed by atoms with Crippen LogP contribution in [0.3, 0.4) is 0 Å². The van der Waals surface area contributed by atoms with Crippen molar-refractivity contribution in [3.63, 3.8) is 0 Å². The lowest BCUT2D eigenvalue weighted by Crippen LogP contribution is -2.16. The summed E-state index contributed by atoms with van der Waals surface area (Å²) in [4.78, 5) is 14.7. The smallest absolute Gasteiger partial charge is 0.262 e. The Morgan fingerprint density at radius 2 is 2.08 bits per heavy atom. The van der Waals surface area contributed by atoms with E-state index in [-0.39, 0.29) is 21.8 Å². The van der Waals surface area contributed by atoms with E-state index in [9.17, 15) is 9.90 Å². The van der Waals surface area contributed by atoms with Gasteiger partial charge in [0.1, 0.15) is 0 Å². The third-order valence-electron chi connectivity index (χ3n) is 3.91. The Morgan fingerprint density at radius 1 is 1.42 bits per heavy atom. The van der Waals surface area contributed by atoms with Crippen LogP contribution < -0.4 is 5.56 Å². The van der Waals surface area contributed by atoms with E-state index in [1.807, 2.05) is 25.1 Å². The zero-order valence-electron chi connectivity index (χ0n) is 14.0. The van der Waals surface area contributed by atoms with Gasteiger partial charge in [-0.1, -0.05) is 48.9 Å². The number of allylic oxidation sites excluding steroid dienone is 2. The van der Waals surface area contributed by atoms with E-state index in [2.05, 4.69) is 30.6 Å². The third kappa shape index (κ3) is 4.11. The minimum atomic E-state index is -0.385. The zero-order chi connectivity index (χ0) is 17.7. The minimum absolute atomic E-state index is 0.129. The van der Waals surface area contributed by atoms with E-state index in [4.69, 9.17) is 12.2 Å². The maximum absolute atomic E-state index is 12.1. The van der Waals surface area contributed by atoms with Gasteiger partial charge in [-0.05, 0) is 43.1 Å². The van der Waals surface area contributed by atoms with E-state index in [0.29, 0.717) is 12.5 Å². The molecule has 0 aliphatic heterocycles. The molecule has 1 aromatic carbocycles. The molecule has 1 heterocycles. The van der Waals surface area contributed by atoms with Crippen molar-refractivity contribution in [1.82, 2.24) is 9.55 Å². The monoisotopic (exact) mass is 342 g/mol. The molecule has 0 aliphatic rings. The molecule has 0 saturated heterocycles. The highest BCUT2D eigenvalue weighted by Crippen LogP contribution is 2.25. The quantitative estimate of drug-likeness (QED) is 0.604. The van der Waals surface area contributed by atoms with Crippen LogP contribution >= 0.6 is 12.2 Å². The van der Waals surface area contributed by atoms with Crippen LogP contribution in [0.15, 0.2) is 53.4 Å². The summed E-state index contributed by atoms with van der Waals surface area (Å²) in [6, 6.07) is 10.2. The molecule has 2 N–H and O–H groups in total. The third-order valence-corrected chi connectivity index (χ3v) is 4.23. The molecular weight excluding hydrogens is 320 g/mol. The van der Waals surface area contributed by atoms with Crippen LogP contribution in [0.5, 0.6) is 5.88 Å². The highest BCUT2D eigenvalue weighted by molar-refractivity contribution is 7.71. The Labute approximate surface area is 146 Å². The Bertz CT molecular complexity index is 863. The number of benzene rings is 1. The lowest BCUT2D eigenvalue weighted by Gasteiger charge is -2.13. The number of aromatic hydroxyl groups is 1. The zero-order valence-corrected chi connectivity index (χ0v) is 14.8. The highest BCUT2D eigenvalue weighted by atomic mass is 32.1. The van der Waals surface area contributed by atoms with Crippen molar-refractivity contribution in [1.29, 1.82) is 0 Å². The summed E-state index contributed by atoms with van der Waals surface area (Å²) < 4.78 is 1.63. The largest absolute Gasteiger partial charge is 0.494 e. The van der Waals surface area contributed by atoms with E-state index < -0.39 is 0 Å². The molecule has 0 fully saturated rings. The highest BCUT2D eigenvalue weighted by Gasteiger charge is 2.12. The number of H-pyrrole nitrogens is 1. The van der Waals surface area contributed by atoms with Gasteiger partial charge in [0, 0.05) is 6.54 Å². The second-order valence-electron chi connectivity index (χ2n) is 5.90. The van der Waals surface area contributed by atoms with Crippen LogP contribution in [-0.4, -0.2) is 14.7 Å². The molecule has 0 aliphatic carbocycles.